The second kappa shape index (κ2) is 6.68. The van der Waals surface area contributed by atoms with Gasteiger partial charge in [-0.05, 0) is 52.9 Å². The van der Waals surface area contributed by atoms with Crippen LogP contribution in [0.5, 0.6) is 0 Å². The van der Waals surface area contributed by atoms with Crippen molar-refractivity contribution in [1.82, 2.24) is 14.9 Å². The second-order valence-electron chi connectivity index (χ2n) is 5.14. The summed E-state index contributed by atoms with van der Waals surface area (Å²) in [7, 11) is 0.786. The summed E-state index contributed by atoms with van der Waals surface area (Å²) in [6.45, 7) is 4.37. The maximum absolute atomic E-state index is 11.9. The summed E-state index contributed by atoms with van der Waals surface area (Å²) in [5.74, 6) is 0.581. The van der Waals surface area contributed by atoms with Crippen molar-refractivity contribution in [3.8, 4) is 0 Å². The number of piperidine rings is 1. The van der Waals surface area contributed by atoms with Crippen LogP contribution >= 0.6 is 0 Å². The molecule has 0 saturated carbocycles. The van der Waals surface area contributed by atoms with E-state index < -0.39 is 10.0 Å². The first-order chi connectivity index (χ1) is 7.91. The number of nitrogens with one attached hydrogen (secondary N) is 2. The molecule has 0 aromatic heterocycles. The van der Waals surface area contributed by atoms with E-state index in [1.165, 1.54) is 0 Å². The highest BCUT2D eigenvalue weighted by molar-refractivity contribution is 7.89. The van der Waals surface area contributed by atoms with Gasteiger partial charge in [-0.2, -0.15) is 0 Å². The van der Waals surface area contributed by atoms with Gasteiger partial charge in [0.2, 0.25) is 10.0 Å². The van der Waals surface area contributed by atoms with Gasteiger partial charge in [-0.15, -0.1) is 0 Å². The van der Waals surface area contributed by atoms with Gasteiger partial charge in [0.15, 0.2) is 0 Å². The first-order valence-electron chi connectivity index (χ1n) is 6.25. The molecule has 0 spiro atoms. The van der Waals surface area contributed by atoms with Crippen molar-refractivity contribution in [2.45, 2.75) is 25.8 Å². The first-order valence-corrected chi connectivity index (χ1v) is 7.90. The number of rotatable bonds is 6. The molecule has 0 aliphatic carbocycles. The molecule has 0 aromatic carbocycles. The van der Waals surface area contributed by atoms with Crippen LogP contribution in [0.4, 0.5) is 0 Å². The molecule has 1 fully saturated rings. The molecule has 102 valence electrons. The third-order valence-electron chi connectivity index (χ3n) is 3.39. The third kappa shape index (κ3) is 5.81. The van der Waals surface area contributed by atoms with Crippen molar-refractivity contribution >= 4 is 10.0 Å². The fourth-order valence-electron chi connectivity index (χ4n) is 1.85. The van der Waals surface area contributed by atoms with E-state index in [9.17, 15) is 8.42 Å². The molecule has 1 aliphatic heterocycles. The van der Waals surface area contributed by atoms with Crippen molar-refractivity contribution in [2.24, 2.45) is 5.92 Å². The standard InChI is InChI=1S/C11H25N3O2S/c1-10(14(2)3)8-13-17(15,16)9-11-4-6-12-7-5-11/h10-13H,4-9H2,1-3H3. The smallest absolute Gasteiger partial charge is 0.211 e. The molecule has 1 rings (SSSR count). The molecule has 17 heavy (non-hydrogen) atoms. The predicted molar refractivity (Wildman–Crippen MR) is 70.5 cm³/mol. The zero-order valence-electron chi connectivity index (χ0n) is 11.1. The fourth-order valence-corrected chi connectivity index (χ4v) is 3.41. The van der Waals surface area contributed by atoms with Crippen LogP contribution in [0.3, 0.4) is 0 Å². The molecule has 0 radical (unpaired) electrons. The highest BCUT2D eigenvalue weighted by Crippen LogP contribution is 2.13. The Hall–Kier alpha value is -0.170. The summed E-state index contributed by atoms with van der Waals surface area (Å²) in [6.07, 6.45) is 1.92. The summed E-state index contributed by atoms with van der Waals surface area (Å²) >= 11 is 0. The van der Waals surface area contributed by atoms with Gasteiger partial charge in [-0.25, -0.2) is 13.1 Å². The third-order valence-corrected chi connectivity index (χ3v) is 4.91. The molecule has 0 amide bonds. The van der Waals surface area contributed by atoms with Crippen molar-refractivity contribution in [3.63, 3.8) is 0 Å². The lowest BCUT2D eigenvalue weighted by atomic mass is 10.0. The van der Waals surface area contributed by atoms with E-state index in [1.54, 1.807) is 0 Å². The summed E-state index contributed by atoms with van der Waals surface area (Å²) in [5, 5.41) is 3.24. The monoisotopic (exact) mass is 263 g/mol. The molecule has 6 heteroatoms. The van der Waals surface area contributed by atoms with Crippen LogP contribution in [0.1, 0.15) is 19.8 Å². The molecular weight excluding hydrogens is 238 g/mol. The average Bonchev–Trinajstić information content (AvgIpc) is 2.26. The molecule has 1 aliphatic rings. The second-order valence-corrected chi connectivity index (χ2v) is 6.99. The first kappa shape index (κ1) is 14.9. The maximum atomic E-state index is 11.9. The van der Waals surface area contributed by atoms with Crippen LogP contribution in [-0.2, 0) is 10.0 Å². The van der Waals surface area contributed by atoms with Gasteiger partial charge in [-0.3, -0.25) is 0 Å². The maximum Gasteiger partial charge on any atom is 0.211 e. The Morgan fingerprint density at radius 1 is 1.35 bits per heavy atom. The lowest BCUT2D eigenvalue weighted by molar-refractivity contribution is 0.313. The minimum absolute atomic E-state index is 0.220. The molecule has 5 nitrogen and oxygen atoms in total. The van der Waals surface area contributed by atoms with Crippen LogP contribution < -0.4 is 10.0 Å². The lowest BCUT2D eigenvalue weighted by Gasteiger charge is -2.24. The Labute approximate surface area is 105 Å². The van der Waals surface area contributed by atoms with E-state index in [0.717, 1.165) is 25.9 Å². The molecule has 1 saturated heterocycles. The topological polar surface area (TPSA) is 61.4 Å². The highest BCUT2D eigenvalue weighted by Gasteiger charge is 2.21. The van der Waals surface area contributed by atoms with Crippen LogP contribution in [-0.4, -0.2) is 58.8 Å². The normalized spacial score (nSPS) is 20.7. The van der Waals surface area contributed by atoms with Gasteiger partial charge in [-0.1, -0.05) is 0 Å². The van der Waals surface area contributed by atoms with E-state index in [4.69, 9.17) is 0 Å². The summed E-state index contributed by atoms with van der Waals surface area (Å²) in [5.41, 5.74) is 0. The average molecular weight is 263 g/mol. The summed E-state index contributed by atoms with van der Waals surface area (Å²) in [6, 6.07) is 0.220. The largest absolute Gasteiger partial charge is 0.317 e. The fraction of sp³-hybridized carbons (Fsp3) is 1.00. The van der Waals surface area contributed by atoms with Gasteiger partial charge >= 0.3 is 0 Å². The van der Waals surface area contributed by atoms with E-state index in [1.807, 2.05) is 25.9 Å². The van der Waals surface area contributed by atoms with Gasteiger partial charge in [0.25, 0.3) is 0 Å². The Morgan fingerprint density at radius 3 is 2.47 bits per heavy atom. The Balaban J connectivity index is 2.34. The Morgan fingerprint density at radius 2 is 1.94 bits per heavy atom. The number of sulfonamides is 1. The molecule has 0 bridgehead atoms. The summed E-state index contributed by atoms with van der Waals surface area (Å²) in [4.78, 5) is 2.01. The van der Waals surface area contributed by atoms with Gasteiger partial charge in [0.05, 0.1) is 5.75 Å². The van der Waals surface area contributed by atoms with Gasteiger partial charge in [0.1, 0.15) is 0 Å². The molecule has 2 N–H and O–H groups in total. The molecule has 0 aromatic rings. The number of likely N-dealkylation sites (N-methyl/N-ethyl adjacent to an activating group) is 1. The van der Waals surface area contributed by atoms with E-state index in [0.29, 0.717) is 12.5 Å². The molecule has 1 heterocycles. The van der Waals surface area contributed by atoms with Crippen LogP contribution in [0.25, 0.3) is 0 Å². The zero-order valence-corrected chi connectivity index (χ0v) is 11.9. The Kier molecular flexibility index (Phi) is 5.85. The lowest BCUT2D eigenvalue weighted by Crippen LogP contribution is -2.41. The molecule has 1 unspecified atom stereocenters. The predicted octanol–water partition coefficient (Wildman–Crippen LogP) is -0.144. The number of hydrogen-bond acceptors (Lipinski definition) is 4. The van der Waals surface area contributed by atoms with E-state index >= 15 is 0 Å². The van der Waals surface area contributed by atoms with Gasteiger partial charge < -0.3 is 10.2 Å². The summed E-state index contributed by atoms with van der Waals surface area (Å²) < 4.78 is 26.4. The SMILES string of the molecule is CC(CNS(=O)(=O)CC1CCNCC1)N(C)C. The quantitative estimate of drug-likeness (QED) is 0.700. The van der Waals surface area contributed by atoms with Crippen LogP contribution in [0.2, 0.25) is 0 Å². The van der Waals surface area contributed by atoms with E-state index in [-0.39, 0.29) is 11.8 Å². The number of hydrogen-bond donors (Lipinski definition) is 2. The van der Waals surface area contributed by atoms with Gasteiger partial charge in [0, 0.05) is 12.6 Å². The number of nitrogens with zero attached hydrogens (tertiary/aromatic N) is 1. The highest BCUT2D eigenvalue weighted by atomic mass is 32.2. The van der Waals surface area contributed by atoms with Crippen molar-refractivity contribution in [1.29, 1.82) is 0 Å². The van der Waals surface area contributed by atoms with E-state index in [2.05, 4.69) is 10.0 Å². The Bertz CT molecular complexity index is 311. The van der Waals surface area contributed by atoms with Crippen molar-refractivity contribution in [3.05, 3.63) is 0 Å². The van der Waals surface area contributed by atoms with Crippen molar-refractivity contribution < 1.29 is 8.42 Å². The minimum Gasteiger partial charge on any atom is -0.317 e. The van der Waals surface area contributed by atoms with Crippen molar-refractivity contribution in [2.75, 3.05) is 39.5 Å². The molecule has 1 atom stereocenters. The zero-order chi connectivity index (χ0) is 12.9. The molecular formula is C11H25N3O2S. The van der Waals surface area contributed by atoms with Crippen LogP contribution in [0.15, 0.2) is 0 Å². The van der Waals surface area contributed by atoms with Crippen LogP contribution in [0, 0.1) is 5.92 Å². The minimum atomic E-state index is -3.11.